The number of aromatic amines is 1. The lowest BCUT2D eigenvalue weighted by Crippen LogP contribution is -2.45. The number of hydrogen-bond acceptors (Lipinski definition) is 3. The number of aromatic nitrogens is 1. The number of fused-ring (bicyclic) bond motifs is 1. The van der Waals surface area contributed by atoms with Gasteiger partial charge in [-0.05, 0) is 35.7 Å². The highest BCUT2D eigenvalue weighted by atomic mass is 19.1. The van der Waals surface area contributed by atoms with E-state index in [1.807, 2.05) is 38.2 Å². The summed E-state index contributed by atoms with van der Waals surface area (Å²) in [6, 6.07) is 14.2. The van der Waals surface area contributed by atoms with Gasteiger partial charge in [0.15, 0.2) is 0 Å². The fourth-order valence-corrected chi connectivity index (χ4v) is 3.79. The van der Waals surface area contributed by atoms with Gasteiger partial charge < -0.3 is 19.5 Å². The van der Waals surface area contributed by atoms with Crippen molar-refractivity contribution in [2.45, 2.75) is 26.8 Å². The lowest BCUT2D eigenvalue weighted by Gasteiger charge is -2.29. The summed E-state index contributed by atoms with van der Waals surface area (Å²) >= 11 is 0. The number of amides is 2. The van der Waals surface area contributed by atoms with Crippen LogP contribution in [-0.2, 0) is 27.3 Å². The summed E-state index contributed by atoms with van der Waals surface area (Å²) in [6.45, 7) is 5.15. The summed E-state index contributed by atoms with van der Waals surface area (Å²) in [5, 5.41) is 1.13. The van der Waals surface area contributed by atoms with Crippen molar-refractivity contribution in [3.05, 3.63) is 71.7 Å². The van der Waals surface area contributed by atoms with Crippen LogP contribution in [0.2, 0.25) is 0 Å². The number of para-hydroxylation sites is 1. The Morgan fingerprint density at radius 3 is 2.45 bits per heavy atom. The first kappa shape index (κ1) is 24.5. The van der Waals surface area contributed by atoms with Crippen LogP contribution in [0, 0.1) is 11.7 Å². The molecule has 0 saturated carbocycles. The summed E-state index contributed by atoms with van der Waals surface area (Å²) in [6.07, 6.45) is 2.63. The average Bonchev–Trinajstić information content (AvgIpc) is 3.23. The highest BCUT2D eigenvalue weighted by molar-refractivity contribution is 5.86. The molecule has 176 valence electrons. The van der Waals surface area contributed by atoms with Crippen molar-refractivity contribution in [3.8, 4) is 0 Å². The number of benzene rings is 2. The van der Waals surface area contributed by atoms with Gasteiger partial charge in [0, 0.05) is 49.8 Å². The Hall–Kier alpha value is -3.19. The maximum absolute atomic E-state index is 13.4. The molecule has 0 unspecified atom stereocenters. The number of H-pyrrole nitrogens is 1. The molecule has 1 N–H and O–H groups in total. The summed E-state index contributed by atoms with van der Waals surface area (Å²) in [5.41, 5.74) is 3.01. The normalized spacial score (nSPS) is 11.2. The monoisotopic (exact) mass is 453 g/mol. The molecular formula is C26H32FN3O3. The maximum atomic E-state index is 13.4. The molecule has 2 amide bonds. The molecule has 2 aromatic carbocycles. The van der Waals surface area contributed by atoms with Crippen molar-refractivity contribution in [1.82, 2.24) is 14.8 Å². The molecule has 0 aliphatic carbocycles. The molecule has 0 saturated heterocycles. The van der Waals surface area contributed by atoms with Crippen LogP contribution in [-0.4, -0.2) is 59.9 Å². The van der Waals surface area contributed by atoms with Crippen LogP contribution in [0.15, 0.2) is 54.7 Å². The molecule has 7 heteroatoms. The molecule has 0 fully saturated rings. The van der Waals surface area contributed by atoms with Gasteiger partial charge in [0.2, 0.25) is 11.8 Å². The molecular weight excluding hydrogens is 421 g/mol. The fourth-order valence-electron chi connectivity index (χ4n) is 3.79. The molecule has 33 heavy (non-hydrogen) atoms. The second-order valence-corrected chi connectivity index (χ2v) is 8.46. The van der Waals surface area contributed by atoms with Gasteiger partial charge in [-0.2, -0.15) is 0 Å². The van der Waals surface area contributed by atoms with Crippen LogP contribution in [0.25, 0.3) is 10.9 Å². The topological polar surface area (TPSA) is 65.6 Å². The molecule has 0 spiro atoms. The van der Waals surface area contributed by atoms with Crippen molar-refractivity contribution in [1.29, 1.82) is 0 Å². The molecule has 3 aromatic rings. The minimum Gasteiger partial charge on any atom is -0.383 e. The fraction of sp³-hybridized carbons (Fsp3) is 0.385. The Morgan fingerprint density at radius 2 is 1.76 bits per heavy atom. The molecule has 1 aromatic heterocycles. The minimum atomic E-state index is -0.316. The standard InChI is InChI=1S/C26H32FN3O3/c1-19(2)26(32)30(14-15-33-3)18-25(31)29(17-20-8-10-22(27)11-9-20)13-12-21-16-28-24-7-5-4-6-23(21)24/h4-11,16,19,28H,12-15,17-18H2,1-3H3. The second-order valence-electron chi connectivity index (χ2n) is 8.46. The third kappa shape index (κ3) is 6.65. The molecule has 0 aliphatic heterocycles. The van der Waals surface area contributed by atoms with Crippen molar-refractivity contribution in [3.63, 3.8) is 0 Å². The number of ether oxygens (including phenoxy) is 1. The zero-order chi connectivity index (χ0) is 23.8. The zero-order valence-electron chi connectivity index (χ0n) is 19.5. The summed E-state index contributed by atoms with van der Waals surface area (Å²) in [5.74, 6) is -0.766. The summed E-state index contributed by atoms with van der Waals surface area (Å²) in [7, 11) is 1.57. The van der Waals surface area contributed by atoms with Gasteiger partial charge >= 0.3 is 0 Å². The Morgan fingerprint density at radius 1 is 1.03 bits per heavy atom. The molecule has 0 radical (unpaired) electrons. The van der Waals surface area contributed by atoms with Crippen LogP contribution < -0.4 is 0 Å². The Labute approximate surface area is 194 Å². The van der Waals surface area contributed by atoms with Crippen molar-refractivity contribution >= 4 is 22.7 Å². The van der Waals surface area contributed by atoms with Gasteiger partial charge in [-0.3, -0.25) is 9.59 Å². The van der Waals surface area contributed by atoms with Crippen molar-refractivity contribution < 1.29 is 18.7 Å². The highest BCUT2D eigenvalue weighted by Gasteiger charge is 2.23. The zero-order valence-corrected chi connectivity index (χ0v) is 19.5. The molecule has 0 atom stereocenters. The van der Waals surface area contributed by atoms with E-state index in [2.05, 4.69) is 11.1 Å². The molecule has 1 heterocycles. The van der Waals surface area contributed by atoms with E-state index in [4.69, 9.17) is 4.74 Å². The number of hydrogen-bond donors (Lipinski definition) is 1. The van der Waals surface area contributed by atoms with E-state index in [1.54, 1.807) is 29.0 Å². The van der Waals surface area contributed by atoms with E-state index in [-0.39, 0.29) is 30.1 Å². The number of nitrogens with zero attached hydrogens (tertiary/aromatic N) is 2. The van der Waals surface area contributed by atoms with Crippen molar-refractivity contribution in [2.75, 3.05) is 33.4 Å². The number of carbonyl (C=O) groups is 2. The first-order valence-corrected chi connectivity index (χ1v) is 11.2. The quantitative estimate of drug-likeness (QED) is 0.477. The maximum Gasteiger partial charge on any atom is 0.242 e. The second kappa shape index (κ2) is 11.6. The lowest BCUT2D eigenvalue weighted by molar-refractivity contribution is -0.143. The molecule has 0 aliphatic rings. The SMILES string of the molecule is COCCN(CC(=O)N(CCc1c[nH]c2ccccc12)Cc1ccc(F)cc1)C(=O)C(C)C. The summed E-state index contributed by atoms with van der Waals surface area (Å²) < 4.78 is 18.5. The van der Waals surface area contributed by atoms with E-state index in [0.717, 1.165) is 22.0 Å². The molecule has 6 nitrogen and oxygen atoms in total. The van der Waals surface area contributed by atoms with Gasteiger partial charge in [-0.15, -0.1) is 0 Å². The minimum absolute atomic E-state index is 0.0184. The number of halogens is 1. The van der Waals surface area contributed by atoms with Crippen LogP contribution in [0.5, 0.6) is 0 Å². The average molecular weight is 454 g/mol. The predicted molar refractivity (Wildman–Crippen MR) is 127 cm³/mol. The van der Waals surface area contributed by atoms with E-state index >= 15 is 0 Å². The van der Waals surface area contributed by atoms with Gasteiger partial charge in [-0.1, -0.05) is 44.2 Å². The summed E-state index contributed by atoms with van der Waals surface area (Å²) in [4.78, 5) is 32.6. The third-order valence-electron chi connectivity index (χ3n) is 5.66. The van der Waals surface area contributed by atoms with E-state index < -0.39 is 0 Å². The smallest absolute Gasteiger partial charge is 0.242 e. The van der Waals surface area contributed by atoms with Crippen LogP contribution in [0.3, 0.4) is 0 Å². The van der Waals surface area contributed by atoms with Crippen LogP contribution in [0.4, 0.5) is 4.39 Å². The molecule has 3 rings (SSSR count). The number of methoxy groups -OCH3 is 1. The Balaban J connectivity index is 1.77. The van der Waals surface area contributed by atoms with Gasteiger partial charge in [0.1, 0.15) is 5.82 Å². The van der Waals surface area contributed by atoms with Crippen molar-refractivity contribution in [2.24, 2.45) is 5.92 Å². The van der Waals surface area contributed by atoms with Gasteiger partial charge in [0.05, 0.1) is 13.2 Å². The van der Waals surface area contributed by atoms with E-state index in [9.17, 15) is 14.0 Å². The highest BCUT2D eigenvalue weighted by Crippen LogP contribution is 2.19. The van der Waals surface area contributed by atoms with Gasteiger partial charge in [0.25, 0.3) is 0 Å². The Kier molecular flexibility index (Phi) is 8.60. The number of rotatable bonds is 11. The largest absolute Gasteiger partial charge is 0.383 e. The first-order valence-electron chi connectivity index (χ1n) is 11.2. The van der Waals surface area contributed by atoms with E-state index in [1.165, 1.54) is 12.1 Å². The number of carbonyl (C=O) groups excluding carboxylic acids is 2. The number of nitrogens with one attached hydrogen (secondary N) is 1. The third-order valence-corrected chi connectivity index (χ3v) is 5.66. The Bertz CT molecular complexity index is 1060. The van der Waals surface area contributed by atoms with Crippen LogP contribution >= 0.6 is 0 Å². The van der Waals surface area contributed by atoms with E-state index in [0.29, 0.717) is 32.7 Å². The van der Waals surface area contributed by atoms with Crippen LogP contribution in [0.1, 0.15) is 25.0 Å². The first-order chi connectivity index (χ1) is 15.9. The van der Waals surface area contributed by atoms with Gasteiger partial charge in [-0.25, -0.2) is 4.39 Å². The predicted octanol–water partition coefficient (Wildman–Crippen LogP) is 4.01. The lowest BCUT2D eigenvalue weighted by atomic mass is 10.1. The molecule has 0 bridgehead atoms.